The first-order chi connectivity index (χ1) is 10.1. The molecule has 1 amide bonds. The fourth-order valence-electron chi connectivity index (χ4n) is 1.86. The summed E-state index contributed by atoms with van der Waals surface area (Å²) in [5.41, 5.74) is 0.883. The lowest BCUT2D eigenvalue weighted by atomic mass is 10.00. The van der Waals surface area contributed by atoms with E-state index in [1.54, 1.807) is 0 Å². The standard InChI is InChI=1S/C16H12ClFN2O/c17-13-6-7-15(14(18)9-13)20-16(21)12(10-19)8-11-4-2-1-3-5-11/h1-7,9,12H,8H2,(H,20,21). The van der Waals surface area contributed by atoms with E-state index in [-0.39, 0.29) is 17.1 Å². The lowest BCUT2D eigenvalue weighted by molar-refractivity contribution is -0.118. The zero-order valence-electron chi connectivity index (χ0n) is 11.0. The van der Waals surface area contributed by atoms with E-state index in [1.807, 2.05) is 36.4 Å². The maximum absolute atomic E-state index is 13.6. The number of benzene rings is 2. The number of carbonyl (C=O) groups excluding carboxylic acids is 1. The Morgan fingerprint density at radius 2 is 2.00 bits per heavy atom. The smallest absolute Gasteiger partial charge is 0.242 e. The molecule has 2 rings (SSSR count). The maximum atomic E-state index is 13.6. The van der Waals surface area contributed by atoms with Crippen LogP contribution in [0.5, 0.6) is 0 Å². The second-order valence-corrected chi connectivity index (χ2v) is 4.92. The zero-order chi connectivity index (χ0) is 15.2. The summed E-state index contributed by atoms with van der Waals surface area (Å²) in [7, 11) is 0. The summed E-state index contributed by atoms with van der Waals surface area (Å²) < 4.78 is 13.6. The quantitative estimate of drug-likeness (QED) is 0.934. The number of hydrogen-bond acceptors (Lipinski definition) is 2. The Kier molecular flexibility index (Phi) is 4.91. The molecule has 0 saturated heterocycles. The number of nitrogens with one attached hydrogen (secondary N) is 1. The molecule has 0 radical (unpaired) electrons. The molecule has 0 aliphatic rings. The second-order valence-electron chi connectivity index (χ2n) is 4.48. The van der Waals surface area contributed by atoms with Crippen molar-refractivity contribution in [1.82, 2.24) is 0 Å². The van der Waals surface area contributed by atoms with Crippen LogP contribution in [0.1, 0.15) is 5.56 Å². The molecule has 1 unspecified atom stereocenters. The van der Waals surface area contributed by atoms with Crippen LogP contribution in [0.15, 0.2) is 48.5 Å². The fourth-order valence-corrected chi connectivity index (χ4v) is 2.02. The van der Waals surface area contributed by atoms with Gasteiger partial charge in [0.15, 0.2) is 0 Å². The van der Waals surface area contributed by atoms with Crippen LogP contribution in [0.25, 0.3) is 0 Å². The number of nitrogens with zero attached hydrogens (tertiary/aromatic N) is 1. The Labute approximate surface area is 127 Å². The van der Waals surface area contributed by atoms with Crippen LogP contribution in [0.2, 0.25) is 5.02 Å². The number of rotatable bonds is 4. The molecule has 0 fully saturated rings. The largest absolute Gasteiger partial charge is 0.322 e. The van der Waals surface area contributed by atoms with Crippen LogP contribution >= 0.6 is 11.6 Å². The summed E-state index contributed by atoms with van der Waals surface area (Å²) in [5.74, 6) is -2.06. The minimum Gasteiger partial charge on any atom is -0.322 e. The Bertz CT molecular complexity index is 682. The van der Waals surface area contributed by atoms with E-state index >= 15 is 0 Å². The molecule has 0 aromatic heterocycles. The van der Waals surface area contributed by atoms with Gasteiger partial charge in [-0.25, -0.2) is 4.39 Å². The van der Waals surface area contributed by atoms with Gasteiger partial charge in [-0.2, -0.15) is 5.26 Å². The summed E-state index contributed by atoms with van der Waals surface area (Å²) in [6.07, 6.45) is 0.276. The van der Waals surface area contributed by atoms with Gasteiger partial charge in [-0.15, -0.1) is 0 Å². The van der Waals surface area contributed by atoms with Gasteiger partial charge in [0.2, 0.25) is 5.91 Å². The molecule has 0 aliphatic heterocycles. The number of halogens is 2. The summed E-state index contributed by atoms with van der Waals surface area (Å²) >= 11 is 5.65. The van der Waals surface area contributed by atoms with Crippen LogP contribution in [-0.4, -0.2) is 5.91 Å². The predicted molar refractivity (Wildman–Crippen MR) is 79.3 cm³/mol. The molecule has 0 heterocycles. The molecule has 1 N–H and O–H groups in total. The minimum absolute atomic E-state index is 0.0118. The molecule has 2 aromatic rings. The van der Waals surface area contributed by atoms with Gasteiger partial charge in [-0.1, -0.05) is 41.9 Å². The molecular formula is C16H12ClFN2O. The highest BCUT2D eigenvalue weighted by molar-refractivity contribution is 6.30. The molecule has 0 bridgehead atoms. The molecule has 0 saturated carbocycles. The Hall–Kier alpha value is -2.38. The van der Waals surface area contributed by atoms with Gasteiger partial charge in [-0.05, 0) is 30.2 Å². The summed E-state index contributed by atoms with van der Waals surface area (Å²) in [5, 5.41) is 11.8. The van der Waals surface area contributed by atoms with Gasteiger partial charge in [0.05, 0.1) is 11.8 Å². The molecule has 21 heavy (non-hydrogen) atoms. The van der Waals surface area contributed by atoms with Crippen molar-refractivity contribution in [2.45, 2.75) is 6.42 Å². The van der Waals surface area contributed by atoms with Crippen molar-refractivity contribution in [3.05, 3.63) is 64.9 Å². The van der Waals surface area contributed by atoms with E-state index in [9.17, 15) is 9.18 Å². The molecule has 1 atom stereocenters. The minimum atomic E-state index is -0.887. The first-order valence-electron chi connectivity index (χ1n) is 6.29. The highest BCUT2D eigenvalue weighted by Crippen LogP contribution is 2.20. The van der Waals surface area contributed by atoms with Crippen molar-refractivity contribution >= 4 is 23.2 Å². The molecule has 106 valence electrons. The van der Waals surface area contributed by atoms with E-state index in [4.69, 9.17) is 16.9 Å². The zero-order valence-corrected chi connectivity index (χ0v) is 11.8. The number of hydrogen-bond donors (Lipinski definition) is 1. The van der Waals surface area contributed by atoms with Gasteiger partial charge < -0.3 is 5.32 Å². The van der Waals surface area contributed by atoms with E-state index < -0.39 is 17.6 Å². The van der Waals surface area contributed by atoms with Crippen molar-refractivity contribution in [2.24, 2.45) is 5.92 Å². The lowest BCUT2D eigenvalue weighted by Gasteiger charge is -2.11. The van der Waals surface area contributed by atoms with Gasteiger partial charge in [0.1, 0.15) is 11.7 Å². The molecule has 0 spiro atoms. The van der Waals surface area contributed by atoms with E-state index in [0.717, 1.165) is 11.6 Å². The highest BCUT2D eigenvalue weighted by Gasteiger charge is 2.19. The SMILES string of the molecule is N#CC(Cc1ccccc1)C(=O)Nc1ccc(Cl)cc1F. The van der Waals surface area contributed by atoms with Gasteiger partial charge >= 0.3 is 0 Å². The van der Waals surface area contributed by atoms with Crippen LogP contribution in [0.4, 0.5) is 10.1 Å². The summed E-state index contributed by atoms with van der Waals surface area (Å²) in [6, 6.07) is 15.1. The second kappa shape index (κ2) is 6.87. The topological polar surface area (TPSA) is 52.9 Å². The van der Waals surface area contributed by atoms with Gasteiger partial charge in [0.25, 0.3) is 0 Å². The first-order valence-corrected chi connectivity index (χ1v) is 6.67. The van der Waals surface area contributed by atoms with Gasteiger partial charge in [-0.3, -0.25) is 4.79 Å². The average Bonchev–Trinajstić information content (AvgIpc) is 2.48. The third-order valence-electron chi connectivity index (χ3n) is 2.94. The number of nitriles is 1. The van der Waals surface area contributed by atoms with Crippen LogP contribution in [0.3, 0.4) is 0 Å². The van der Waals surface area contributed by atoms with Gasteiger partial charge in [0, 0.05) is 5.02 Å². The van der Waals surface area contributed by atoms with Crippen molar-refractivity contribution in [2.75, 3.05) is 5.32 Å². The van der Waals surface area contributed by atoms with Crippen LogP contribution in [-0.2, 0) is 11.2 Å². The molecule has 0 aliphatic carbocycles. The van der Waals surface area contributed by atoms with Crippen molar-refractivity contribution < 1.29 is 9.18 Å². The van der Waals surface area contributed by atoms with E-state index in [0.29, 0.717) is 0 Å². The van der Waals surface area contributed by atoms with E-state index in [1.165, 1.54) is 12.1 Å². The number of anilines is 1. The Morgan fingerprint density at radius 3 is 2.62 bits per heavy atom. The molecule has 5 heteroatoms. The average molecular weight is 303 g/mol. The fraction of sp³-hybridized carbons (Fsp3) is 0.125. The van der Waals surface area contributed by atoms with Crippen molar-refractivity contribution in [3.8, 4) is 6.07 Å². The molecule has 2 aromatic carbocycles. The van der Waals surface area contributed by atoms with Crippen LogP contribution < -0.4 is 5.32 Å². The maximum Gasteiger partial charge on any atom is 0.242 e. The monoisotopic (exact) mass is 302 g/mol. The normalized spacial score (nSPS) is 11.5. The van der Waals surface area contributed by atoms with Crippen LogP contribution in [0, 0.1) is 23.1 Å². The molecular weight excluding hydrogens is 291 g/mol. The predicted octanol–water partition coefficient (Wildman–Crippen LogP) is 3.80. The third-order valence-corrected chi connectivity index (χ3v) is 3.18. The lowest BCUT2D eigenvalue weighted by Crippen LogP contribution is -2.24. The van der Waals surface area contributed by atoms with Crippen molar-refractivity contribution in [1.29, 1.82) is 5.26 Å². The first kappa shape index (κ1) is 15.0. The summed E-state index contributed by atoms with van der Waals surface area (Å²) in [4.78, 5) is 12.1. The number of amides is 1. The Balaban J connectivity index is 2.09. The van der Waals surface area contributed by atoms with Crippen molar-refractivity contribution in [3.63, 3.8) is 0 Å². The molecule has 3 nitrogen and oxygen atoms in total. The van der Waals surface area contributed by atoms with E-state index in [2.05, 4.69) is 5.32 Å². The summed E-state index contributed by atoms with van der Waals surface area (Å²) in [6.45, 7) is 0. The third kappa shape index (κ3) is 4.04. The highest BCUT2D eigenvalue weighted by atomic mass is 35.5. The number of carbonyl (C=O) groups is 1. The Morgan fingerprint density at radius 1 is 1.29 bits per heavy atom.